The van der Waals surface area contributed by atoms with Crippen molar-refractivity contribution in [3.8, 4) is 0 Å². The summed E-state index contributed by atoms with van der Waals surface area (Å²) in [4.78, 5) is 12.2. The zero-order chi connectivity index (χ0) is 25.8. The number of Topliss-reactive ketones (excluding diaryl/α,β-unsaturated/α-hetero) is 1. The number of carbonyl (C=O) groups excluding carboxylic acids is 1. The highest BCUT2D eigenvalue weighted by Crippen LogP contribution is 2.59. The Labute approximate surface area is 182 Å². The quantitative estimate of drug-likeness (QED) is 0.247. The molecule has 0 bridgehead atoms. The van der Waals surface area contributed by atoms with E-state index >= 15 is 0 Å². The largest absolute Gasteiger partial charge is 0.460 e. The molecule has 32 heavy (non-hydrogen) atoms. The summed E-state index contributed by atoms with van der Waals surface area (Å²) < 4.78 is 148. The van der Waals surface area contributed by atoms with Crippen LogP contribution in [0.3, 0.4) is 0 Å². The van der Waals surface area contributed by atoms with Crippen LogP contribution in [0.1, 0.15) is 53.4 Å². The first-order chi connectivity index (χ1) is 14.2. The molecule has 4 nitrogen and oxygen atoms in total. The fourth-order valence-electron chi connectivity index (χ4n) is 2.33. The molecule has 0 aromatic rings. The van der Waals surface area contributed by atoms with Crippen molar-refractivity contribution in [2.45, 2.75) is 76.7 Å². The van der Waals surface area contributed by atoms with E-state index in [0.717, 1.165) is 0 Å². The van der Waals surface area contributed by atoms with Gasteiger partial charge < -0.3 is 0 Å². The van der Waals surface area contributed by atoms with Crippen LogP contribution in [0.2, 0.25) is 0 Å². The van der Waals surface area contributed by atoms with Crippen LogP contribution in [-0.2, 0) is 18.5 Å². The van der Waals surface area contributed by atoms with E-state index in [0.29, 0.717) is 12.8 Å². The zero-order valence-corrected chi connectivity index (χ0v) is 19.5. The van der Waals surface area contributed by atoms with Crippen molar-refractivity contribution in [1.82, 2.24) is 0 Å². The first-order valence-electron chi connectivity index (χ1n) is 9.60. The molecule has 0 rings (SSSR count). The van der Waals surface area contributed by atoms with Crippen LogP contribution in [0.5, 0.6) is 0 Å². The van der Waals surface area contributed by atoms with Gasteiger partial charge in [0, 0.05) is 17.4 Å². The number of hydrogen-bond acceptors (Lipinski definition) is 4. The maximum Gasteiger partial charge on any atom is 0.460 e. The molecule has 0 saturated carbocycles. The SMILES string of the molecule is CCCCS(CCCC)(CC(=O)C(C)C)OS(=O)(=O)C(F)(F)C(F)(F)C(F)(F)C(F)(F)F. The Kier molecular flexibility index (Phi) is 10.5. The van der Waals surface area contributed by atoms with E-state index in [1.807, 2.05) is 0 Å². The monoisotopic (exact) mass is 530 g/mol. The first-order valence-corrected chi connectivity index (χ1v) is 13.1. The lowest BCUT2D eigenvalue weighted by molar-refractivity contribution is -0.382. The van der Waals surface area contributed by atoms with Crippen molar-refractivity contribution in [1.29, 1.82) is 0 Å². The second-order valence-electron chi connectivity index (χ2n) is 7.53. The number of carbonyl (C=O) groups is 1. The third-order valence-corrected chi connectivity index (χ3v) is 10.1. The van der Waals surface area contributed by atoms with Crippen molar-refractivity contribution in [3.05, 3.63) is 0 Å². The van der Waals surface area contributed by atoms with Crippen LogP contribution in [0.15, 0.2) is 0 Å². The van der Waals surface area contributed by atoms with Crippen molar-refractivity contribution in [2.75, 3.05) is 17.3 Å². The number of hydrogen-bond donors (Lipinski definition) is 0. The Hall–Kier alpha value is -0.700. The highest BCUT2D eigenvalue weighted by Gasteiger charge is 2.86. The summed E-state index contributed by atoms with van der Waals surface area (Å²) in [6.07, 6.45) is -6.25. The van der Waals surface area contributed by atoms with E-state index in [4.69, 9.17) is 0 Å². The van der Waals surface area contributed by atoms with Gasteiger partial charge in [0.25, 0.3) is 0 Å². The summed E-state index contributed by atoms with van der Waals surface area (Å²) in [5, 5.41) is -6.93. The molecule has 0 atom stereocenters. The van der Waals surface area contributed by atoms with Crippen molar-refractivity contribution in [2.24, 2.45) is 5.92 Å². The van der Waals surface area contributed by atoms with E-state index in [9.17, 15) is 52.7 Å². The minimum atomic E-state index is -7.38. The minimum absolute atomic E-state index is 0.112. The van der Waals surface area contributed by atoms with Gasteiger partial charge in [0.05, 0.1) is 5.75 Å². The summed E-state index contributed by atoms with van der Waals surface area (Å²) in [5.41, 5.74) is 0. The van der Waals surface area contributed by atoms with Gasteiger partial charge in [0.15, 0.2) is 0 Å². The predicted molar refractivity (Wildman–Crippen MR) is 103 cm³/mol. The van der Waals surface area contributed by atoms with Crippen LogP contribution in [0.25, 0.3) is 0 Å². The smallest absolute Gasteiger partial charge is 0.298 e. The summed E-state index contributed by atoms with van der Waals surface area (Å²) in [5.74, 6) is -17.5. The van der Waals surface area contributed by atoms with Crippen LogP contribution in [0, 0.1) is 5.92 Å². The molecule has 15 heteroatoms. The van der Waals surface area contributed by atoms with E-state index in [-0.39, 0.29) is 24.3 Å². The van der Waals surface area contributed by atoms with Gasteiger partial charge in [-0.15, -0.1) is 10.3 Å². The predicted octanol–water partition coefficient (Wildman–Crippen LogP) is 6.30. The standard InChI is InChI=1S/C17H27F9O4S2/c1-5-7-9-31(10-8-6-2,11-13(27)12(3)4)30-32(28,29)17(25,26)15(20,21)14(18,19)16(22,23)24/h12H,5-11H2,1-4H3. The average molecular weight is 531 g/mol. The molecule has 0 N–H and O–H groups in total. The van der Waals surface area contributed by atoms with Crippen LogP contribution in [0.4, 0.5) is 39.5 Å². The van der Waals surface area contributed by atoms with Gasteiger partial charge in [-0.2, -0.15) is 47.9 Å². The minimum Gasteiger partial charge on any atom is -0.298 e. The second kappa shape index (κ2) is 10.7. The average Bonchev–Trinajstić information content (AvgIpc) is 2.62. The van der Waals surface area contributed by atoms with Crippen molar-refractivity contribution < 1.29 is 56.4 Å². The van der Waals surface area contributed by atoms with Crippen molar-refractivity contribution in [3.63, 3.8) is 0 Å². The van der Waals surface area contributed by atoms with Crippen LogP contribution >= 0.6 is 10.3 Å². The number of alkyl halides is 9. The van der Waals surface area contributed by atoms with Gasteiger partial charge in [0.2, 0.25) is 0 Å². The molecule has 0 aliphatic carbocycles. The van der Waals surface area contributed by atoms with Crippen molar-refractivity contribution >= 4 is 26.2 Å². The molecule has 0 fully saturated rings. The van der Waals surface area contributed by atoms with Gasteiger partial charge in [-0.05, 0) is 12.8 Å². The van der Waals surface area contributed by atoms with Gasteiger partial charge in [-0.1, -0.05) is 40.5 Å². The summed E-state index contributed by atoms with van der Waals surface area (Å²) in [6, 6.07) is 0. The molecule has 0 spiro atoms. The second-order valence-corrected chi connectivity index (χ2v) is 12.5. The molecule has 0 aliphatic rings. The maximum absolute atomic E-state index is 14.2. The zero-order valence-electron chi connectivity index (χ0n) is 17.9. The Morgan fingerprint density at radius 2 is 1.22 bits per heavy atom. The van der Waals surface area contributed by atoms with Crippen LogP contribution < -0.4 is 0 Å². The number of ketones is 1. The molecule has 194 valence electrons. The number of unbranched alkanes of at least 4 members (excludes halogenated alkanes) is 2. The maximum atomic E-state index is 14.2. The van der Waals surface area contributed by atoms with E-state index in [1.165, 1.54) is 13.8 Å². The summed E-state index contributed by atoms with van der Waals surface area (Å²) in [7, 11) is -10.5. The summed E-state index contributed by atoms with van der Waals surface area (Å²) in [6.45, 7) is 6.01. The Morgan fingerprint density at radius 1 is 0.812 bits per heavy atom. The number of rotatable bonds is 14. The van der Waals surface area contributed by atoms with Gasteiger partial charge >= 0.3 is 33.4 Å². The fraction of sp³-hybridized carbons (Fsp3) is 0.941. The molecule has 0 heterocycles. The lowest BCUT2D eigenvalue weighted by atomic mass is 10.1. The molecule has 0 aliphatic heterocycles. The third kappa shape index (κ3) is 6.45. The molecule has 0 radical (unpaired) electrons. The normalized spacial score (nSPS) is 15.3. The molecule has 0 unspecified atom stereocenters. The van der Waals surface area contributed by atoms with E-state index < -0.39 is 61.2 Å². The van der Waals surface area contributed by atoms with Crippen LogP contribution in [-0.4, -0.2) is 54.7 Å². The molecule has 0 aromatic carbocycles. The lowest BCUT2D eigenvalue weighted by Crippen LogP contribution is -2.63. The Bertz CT molecular complexity index is 727. The topological polar surface area (TPSA) is 60.4 Å². The fourth-order valence-corrected chi connectivity index (χ4v) is 8.34. The molecular formula is C17H27F9O4S2. The molecule has 0 aromatic heterocycles. The van der Waals surface area contributed by atoms with Gasteiger partial charge in [-0.25, -0.2) is 3.63 Å². The highest BCUT2D eigenvalue weighted by molar-refractivity contribution is 8.33. The van der Waals surface area contributed by atoms with E-state index in [1.54, 1.807) is 13.8 Å². The summed E-state index contributed by atoms with van der Waals surface area (Å²) >= 11 is 0. The molecule has 0 saturated heterocycles. The first kappa shape index (κ1) is 31.3. The molecule has 0 amide bonds. The Morgan fingerprint density at radius 3 is 1.53 bits per heavy atom. The lowest BCUT2D eigenvalue weighted by Gasteiger charge is -2.41. The van der Waals surface area contributed by atoms with Gasteiger partial charge in [-0.3, -0.25) is 4.79 Å². The van der Waals surface area contributed by atoms with Gasteiger partial charge in [0.1, 0.15) is 5.78 Å². The molecular weight excluding hydrogens is 503 g/mol. The third-order valence-electron chi connectivity index (χ3n) is 4.45. The number of halogens is 9. The highest BCUT2D eigenvalue weighted by atomic mass is 32.3. The Balaban J connectivity index is 6.52. The van der Waals surface area contributed by atoms with E-state index in [2.05, 4.69) is 3.63 Å².